The molecule has 0 aliphatic heterocycles. The Morgan fingerprint density at radius 3 is 1.61 bits per heavy atom. The van der Waals surface area contributed by atoms with Crippen molar-refractivity contribution in [2.24, 2.45) is 0 Å². The lowest BCUT2D eigenvalue weighted by molar-refractivity contribution is 0.589. The third-order valence-electron chi connectivity index (χ3n) is 3.86. The summed E-state index contributed by atoms with van der Waals surface area (Å²) in [5.41, 5.74) is 1.95. The summed E-state index contributed by atoms with van der Waals surface area (Å²) in [6.45, 7) is 0. The summed E-state index contributed by atoms with van der Waals surface area (Å²) in [5.74, 6) is 2.54. The lowest BCUT2D eigenvalue weighted by Crippen LogP contribution is -1.94. The predicted octanol–water partition coefficient (Wildman–Crippen LogP) is 7.99. The van der Waals surface area contributed by atoms with Crippen LogP contribution in [0.2, 0.25) is 0 Å². The van der Waals surface area contributed by atoms with Crippen molar-refractivity contribution in [1.29, 1.82) is 0 Å². The van der Waals surface area contributed by atoms with E-state index in [1.807, 2.05) is 60.7 Å². The Balaban J connectivity index is 2.02. The summed E-state index contributed by atoms with van der Waals surface area (Å²) in [6.07, 6.45) is 0. The van der Waals surface area contributed by atoms with Crippen molar-refractivity contribution in [3.05, 3.63) is 114 Å². The summed E-state index contributed by atoms with van der Waals surface area (Å²) in [4.78, 5) is 0. The quantitative estimate of drug-likeness (QED) is 0.400. The van der Waals surface area contributed by atoms with Gasteiger partial charge in [0.05, 0.1) is 10.1 Å². The van der Waals surface area contributed by atoms with Crippen molar-refractivity contribution >= 4 is 46.2 Å². The number of halogens is 3. The molecule has 0 atom stereocenters. The molecule has 0 aliphatic rings. The zero-order valence-corrected chi connectivity index (χ0v) is 17.1. The Kier molecular flexibility index (Phi) is 6.74. The Bertz CT molecular complexity index is 976. The lowest BCUT2D eigenvalue weighted by atomic mass is 10.2. The van der Waals surface area contributed by atoms with Crippen LogP contribution in [0.15, 0.2) is 96.6 Å². The van der Waals surface area contributed by atoms with Gasteiger partial charge in [0.2, 0.25) is 7.29 Å². The molecule has 6 heteroatoms. The summed E-state index contributed by atoms with van der Waals surface area (Å²) in [7, 11) is -3.36. The van der Waals surface area contributed by atoms with Crippen LogP contribution in [0, 0.1) is 5.82 Å². The molecule has 0 bridgehead atoms. The second kappa shape index (κ2) is 9.25. The highest BCUT2D eigenvalue weighted by Gasteiger charge is 2.19. The molecule has 2 nitrogen and oxygen atoms in total. The van der Waals surface area contributed by atoms with Gasteiger partial charge in [0.1, 0.15) is 5.82 Å². The average Bonchev–Trinajstić information content (AvgIpc) is 2.71. The predicted molar refractivity (Wildman–Crippen MR) is 118 cm³/mol. The fourth-order valence-electron chi connectivity index (χ4n) is 2.51. The minimum absolute atomic E-state index is 0.326. The summed E-state index contributed by atoms with van der Waals surface area (Å²) >= 11 is 12.9. The van der Waals surface area contributed by atoms with Gasteiger partial charge in [0.25, 0.3) is 0 Å². The van der Waals surface area contributed by atoms with E-state index in [-0.39, 0.29) is 5.82 Å². The van der Waals surface area contributed by atoms with Crippen molar-refractivity contribution in [1.82, 2.24) is 0 Å². The number of benzene rings is 3. The standard InChI is InChI=1S/C22H17Cl2FNOP/c23-21(17-7-3-1-4-8-17)15-28(27,26-20-13-11-19(25)12-14-20)16-22(24)18-9-5-2-6-10-18/h1-16H,(H,26,27). The Hall–Kier alpha value is -2.32. The maximum atomic E-state index is 13.7. The van der Waals surface area contributed by atoms with Crippen LogP contribution in [0.4, 0.5) is 10.1 Å². The van der Waals surface area contributed by atoms with Crippen molar-refractivity contribution < 1.29 is 8.96 Å². The van der Waals surface area contributed by atoms with Crippen molar-refractivity contribution in [3.8, 4) is 0 Å². The van der Waals surface area contributed by atoms with Crippen molar-refractivity contribution in [2.45, 2.75) is 0 Å². The molecule has 0 aromatic heterocycles. The average molecular weight is 432 g/mol. The van der Waals surface area contributed by atoms with Crippen LogP contribution < -0.4 is 5.09 Å². The molecule has 0 amide bonds. The monoisotopic (exact) mass is 431 g/mol. The number of rotatable bonds is 6. The van der Waals surface area contributed by atoms with E-state index in [0.29, 0.717) is 15.8 Å². The van der Waals surface area contributed by atoms with Gasteiger partial charge in [-0.3, -0.25) is 4.57 Å². The van der Waals surface area contributed by atoms with E-state index in [1.165, 1.54) is 35.9 Å². The zero-order chi connectivity index (χ0) is 20.0. The number of anilines is 1. The van der Waals surface area contributed by atoms with E-state index in [1.54, 1.807) is 0 Å². The molecular weight excluding hydrogens is 415 g/mol. The zero-order valence-electron chi connectivity index (χ0n) is 14.7. The maximum Gasteiger partial charge on any atom is 0.216 e. The van der Waals surface area contributed by atoms with Crippen LogP contribution in [-0.2, 0) is 4.57 Å². The third kappa shape index (κ3) is 5.59. The van der Waals surface area contributed by atoms with Gasteiger partial charge >= 0.3 is 0 Å². The van der Waals surface area contributed by atoms with Gasteiger partial charge in [-0.25, -0.2) is 4.39 Å². The molecule has 0 radical (unpaired) electrons. The molecule has 1 N–H and O–H groups in total. The topological polar surface area (TPSA) is 29.1 Å². The van der Waals surface area contributed by atoms with E-state index < -0.39 is 7.29 Å². The molecular formula is C22H17Cl2FNOP. The largest absolute Gasteiger partial charge is 0.330 e. The molecule has 0 spiro atoms. The molecule has 3 aromatic carbocycles. The number of nitrogens with one attached hydrogen (secondary N) is 1. The van der Waals surface area contributed by atoms with E-state index in [4.69, 9.17) is 23.2 Å². The summed E-state index contributed by atoms with van der Waals surface area (Å²) in [6, 6.07) is 24.0. The molecule has 0 aliphatic carbocycles. The van der Waals surface area contributed by atoms with E-state index in [9.17, 15) is 8.96 Å². The van der Waals surface area contributed by atoms with Gasteiger partial charge in [-0.2, -0.15) is 0 Å². The second-order valence-electron chi connectivity index (χ2n) is 6.01. The van der Waals surface area contributed by atoms with E-state index >= 15 is 0 Å². The fraction of sp³-hybridized carbons (Fsp3) is 0. The molecule has 142 valence electrons. The first kappa shape index (κ1) is 20.4. The van der Waals surface area contributed by atoms with Crippen LogP contribution in [-0.4, -0.2) is 0 Å². The van der Waals surface area contributed by atoms with Crippen molar-refractivity contribution in [3.63, 3.8) is 0 Å². The summed E-state index contributed by atoms with van der Waals surface area (Å²) < 4.78 is 26.9. The SMILES string of the molecule is O=P(C=C(Cl)c1ccccc1)(C=C(Cl)c1ccccc1)Nc1ccc(F)cc1. The highest BCUT2D eigenvalue weighted by atomic mass is 35.5. The lowest BCUT2D eigenvalue weighted by Gasteiger charge is -2.16. The molecule has 0 fully saturated rings. The number of hydrogen-bond donors (Lipinski definition) is 1. The molecule has 3 rings (SSSR count). The molecule has 0 heterocycles. The van der Waals surface area contributed by atoms with Gasteiger partial charge < -0.3 is 5.09 Å². The highest BCUT2D eigenvalue weighted by Crippen LogP contribution is 2.53. The third-order valence-corrected chi connectivity index (χ3v) is 6.71. The second-order valence-corrected chi connectivity index (χ2v) is 8.99. The number of hydrogen-bond acceptors (Lipinski definition) is 1. The van der Waals surface area contributed by atoms with Gasteiger partial charge in [0.15, 0.2) is 0 Å². The Labute approximate surface area is 173 Å². The Morgan fingerprint density at radius 1 is 0.750 bits per heavy atom. The van der Waals surface area contributed by atoms with Crippen LogP contribution in [0.5, 0.6) is 0 Å². The molecule has 3 aromatic rings. The van der Waals surface area contributed by atoms with Crippen LogP contribution in [0.1, 0.15) is 11.1 Å². The molecule has 28 heavy (non-hydrogen) atoms. The molecule has 0 unspecified atom stereocenters. The first-order valence-corrected chi connectivity index (χ1v) is 11.1. The smallest absolute Gasteiger partial charge is 0.216 e. The fourth-order valence-corrected chi connectivity index (χ4v) is 5.36. The normalized spacial score (nSPS) is 14.4. The van der Waals surface area contributed by atoms with Crippen LogP contribution >= 0.6 is 30.5 Å². The van der Waals surface area contributed by atoms with Gasteiger partial charge in [-0.1, -0.05) is 83.9 Å². The summed E-state index contributed by atoms with van der Waals surface area (Å²) in [5, 5.41) is 3.60. The highest BCUT2D eigenvalue weighted by molar-refractivity contribution is 7.72. The molecule has 0 saturated carbocycles. The van der Waals surface area contributed by atoms with E-state index in [2.05, 4.69) is 5.09 Å². The van der Waals surface area contributed by atoms with Crippen LogP contribution in [0.3, 0.4) is 0 Å². The van der Waals surface area contributed by atoms with E-state index in [0.717, 1.165) is 11.1 Å². The first-order valence-electron chi connectivity index (χ1n) is 8.46. The molecule has 0 saturated heterocycles. The van der Waals surface area contributed by atoms with Gasteiger partial charge in [0, 0.05) is 17.3 Å². The first-order chi connectivity index (χ1) is 13.5. The van der Waals surface area contributed by atoms with Gasteiger partial charge in [-0.05, 0) is 35.4 Å². The van der Waals surface area contributed by atoms with Gasteiger partial charge in [-0.15, -0.1) is 0 Å². The Morgan fingerprint density at radius 2 is 1.18 bits per heavy atom. The minimum atomic E-state index is -3.36. The van der Waals surface area contributed by atoms with Crippen molar-refractivity contribution in [2.75, 3.05) is 5.09 Å². The maximum absolute atomic E-state index is 13.7. The minimum Gasteiger partial charge on any atom is -0.330 e. The van der Waals surface area contributed by atoms with Crippen LogP contribution in [0.25, 0.3) is 10.1 Å².